The van der Waals surface area contributed by atoms with Crippen LogP contribution in [0.2, 0.25) is 0 Å². The van der Waals surface area contributed by atoms with E-state index in [2.05, 4.69) is 43.4 Å². The van der Waals surface area contributed by atoms with Crippen molar-refractivity contribution in [3.05, 3.63) is 16.1 Å². The molecule has 1 aliphatic carbocycles. The number of aryl methyl sites for hydroxylation is 1. The summed E-state index contributed by atoms with van der Waals surface area (Å²) in [5.41, 5.74) is 1.14. The van der Waals surface area contributed by atoms with Crippen LogP contribution in [0.4, 0.5) is 0 Å². The highest BCUT2D eigenvalue weighted by Gasteiger charge is 2.25. The molecule has 0 radical (unpaired) electrons. The van der Waals surface area contributed by atoms with Crippen LogP contribution < -0.4 is 5.32 Å². The van der Waals surface area contributed by atoms with Gasteiger partial charge in [-0.25, -0.2) is 4.98 Å². The van der Waals surface area contributed by atoms with Gasteiger partial charge in [-0.3, -0.25) is 0 Å². The van der Waals surface area contributed by atoms with Crippen LogP contribution in [0.15, 0.2) is 5.38 Å². The maximum Gasteiger partial charge on any atom is 0.110 e. The first-order chi connectivity index (χ1) is 8.06. The summed E-state index contributed by atoms with van der Waals surface area (Å²) in [5.74, 6) is 1.75. The lowest BCUT2D eigenvalue weighted by Crippen LogP contribution is -2.37. The summed E-state index contributed by atoms with van der Waals surface area (Å²) in [4.78, 5) is 4.57. The minimum atomic E-state index is 0.402. The molecule has 4 unspecified atom stereocenters. The van der Waals surface area contributed by atoms with Crippen LogP contribution >= 0.6 is 11.3 Å². The van der Waals surface area contributed by atoms with Crippen LogP contribution in [-0.2, 0) is 0 Å². The topological polar surface area (TPSA) is 24.9 Å². The maximum absolute atomic E-state index is 4.57. The molecule has 0 amide bonds. The van der Waals surface area contributed by atoms with Crippen LogP contribution in [-0.4, -0.2) is 11.0 Å². The summed E-state index contributed by atoms with van der Waals surface area (Å²) in [7, 11) is 0. The molecule has 0 aromatic carbocycles. The number of hydrogen-bond donors (Lipinski definition) is 1. The molecule has 17 heavy (non-hydrogen) atoms. The molecule has 1 aromatic heterocycles. The Labute approximate surface area is 109 Å². The fourth-order valence-corrected chi connectivity index (χ4v) is 3.51. The molecule has 96 valence electrons. The fraction of sp³-hybridized carbons (Fsp3) is 0.786. The van der Waals surface area contributed by atoms with E-state index in [-0.39, 0.29) is 0 Å². The molecule has 0 aliphatic heterocycles. The van der Waals surface area contributed by atoms with Crippen LogP contribution in [0.1, 0.15) is 56.8 Å². The Morgan fingerprint density at radius 1 is 1.35 bits per heavy atom. The lowest BCUT2D eigenvalue weighted by Gasteiger charge is -2.34. The minimum Gasteiger partial charge on any atom is -0.305 e. The van der Waals surface area contributed by atoms with Gasteiger partial charge in [0, 0.05) is 17.1 Å². The Kier molecular flexibility index (Phi) is 4.21. The molecule has 1 saturated carbocycles. The zero-order valence-electron chi connectivity index (χ0n) is 11.4. The Bertz CT molecular complexity index is 361. The average Bonchev–Trinajstić information content (AvgIpc) is 2.70. The number of thiazole rings is 1. The van der Waals surface area contributed by atoms with Crippen LogP contribution in [0, 0.1) is 18.8 Å². The normalized spacial score (nSPS) is 31.4. The second-order valence-corrected chi connectivity index (χ2v) is 6.57. The highest BCUT2D eigenvalue weighted by Crippen LogP contribution is 2.30. The predicted octanol–water partition coefficient (Wildman–Crippen LogP) is 3.93. The fourth-order valence-electron chi connectivity index (χ4n) is 2.69. The molecule has 4 atom stereocenters. The average molecular weight is 252 g/mol. The van der Waals surface area contributed by atoms with E-state index in [1.807, 2.05) is 0 Å². The Hall–Kier alpha value is -0.410. The highest BCUT2D eigenvalue weighted by atomic mass is 32.1. The molecule has 1 aromatic rings. The first-order valence-electron chi connectivity index (χ1n) is 6.74. The van der Waals surface area contributed by atoms with Gasteiger partial charge < -0.3 is 5.32 Å². The van der Waals surface area contributed by atoms with Crippen LogP contribution in [0.3, 0.4) is 0 Å². The summed E-state index contributed by atoms with van der Waals surface area (Å²) in [5, 5.41) is 7.12. The molecule has 1 aliphatic rings. The third-order valence-corrected chi connectivity index (χ3v) is 5.24. The monoisotopic (exact) mass is 252 g/mol. The number of rotatable bonds is 3. The van der Waals surface area contributed by atoms with Crippen molar-refractivity contribution in [2.24, 2.45) is 11.8 Å². The lowest BCUT2D eigenvalue weighted by atomic mass is 9.79. The Morgan fingerprint density at radius 2 is 2.12 bits per heavy atom. The van der Waals surface area contributed by atoms with E-state index in [1.54, 1.807) is 11.3 Å². The van der Waals surface area contributed by atoms with E-state index in [0.717, 1.165) is 17.5 Å². The SMILES string of the molecule is Cc1csc(C(C)NC2CCC(C)C(C)C2)n1. The number of nitrogens with one attached hydrogen (secondary N) is 1. The minimum absolute atomic E-state index is 0.402. The van der Waals surface area contributed by atoms with Gasteiger partial charge in [0.15, 0.2) is 0 Å². The van der Waals surface area contributed by atoms with Gasteiger partial charge in [-0.2, -0.15) is 0 Å². The Morgan fingerprint density at radius 3 is 2.71 bits per heavy atom. The van der Waals surface area contributed by atoms with Crippen molar-refractivity contribution in [3.63, 3.8) is 0 Å². The van der Waals surface area contributed by atoms with E-state index in [9.17, 15) is 0 Å². The first kappa shape index (κ1) is 13.0. The van der Waals surface area contributed by atoms with Gasteiger partial charge in [0.1, 0.15) is 5.01 Å². The smallest absolute Gasteiger partial charge is 0.110 e. The van der Waals surface area contributed by atoms with Gasteiger partial charge in [-0.1, -0.05) is 13.8 Å². The standard InChI is InChI=1S/C14H24N2S/c1-9-5-6-13(7-10(9)2)16-12(4)14-15-11(3)8-17-14/h8-10,12-13,16H,5-7H2,1-4H3. The van der Waals surface area contributed by atoms with Gasteiger partial charge in [-0.15, -0.1) is 11.3 Å². The Balaban J connectivity index is 1.89. The summed E-state index contributed by atoms with van der Waals surface area (Å²) in [6.45, 7) is 9.07. The van der Waals surface area contributed by atoms with Gasteiger partial charge in [0.2, 0.25) is 0 Å². The second-order valence-electron chi connectivity index (χ2n) is 5.68. The van der Waals surface area contributed by atoms with Crippen molar-refractivity contribution in [1.82, 2.24) is 10.3 Å². The van der Waals surface area contributed by atoms with Crippen molar-refractivity contribution < 1.29 is 0 Å². The summed E-state index contributed by atoms with van der Waals surface area (Å²) < 4.78 is 0. The van der Waals surface area contributed by atoms with Crippen LogP contribution in [0.25, 0.3) is 0 Å². The predicted molar refractivity (Wildman–Crippen MR) is 74.4 cm³/mol. The molecule has 1 N–H and O–H groups in total. The largest absolute Gasteiger partial charge is 0.305 e. The van der Waals surface area contributed by atoms with Gasteiger partial charge in [0.25, 0.3) is 0 Å². The third kappa shape index (κ3) is 3.29. The maximum atomic E-state index is 4.57. The molecular formula is C14H24N2S. The summed E-state index contributed by atoms with van der Waals surface area (Å²) in [6.07, 6.45) is 4.00. The number of aromatic nitrogens is 1. The van der Waals surface area contributed by atoms with Crippen molar-refractivity contribution in [3.8, 4) is 0 Å². The van der Waals surface area contributed by atoms with Crippen molar-refractivity contribution in [2.45, 2.75) is 59.0 Å². The summed E-state index contributed by atoms with van der Waals surface area (Å²) >= 11 is 1.77. The number of nitrogens with zero attached hydrogens (tertiary/aromatic N) is 1. The van der Waals surface area contributed by atoms with E-state index >= 15 is 0 Å². The molecule has 2 rings (SSSR count). The molecule has 0 bridgehead atoms. The molecule has 3 heteroatoms. The summed E-state index contributed by atoms with van der Waals surface area (Å²) in [6, 6.07) is 1.08. The lowest BCUT2D eigenvalue weighted by molar-refractivity contribution is 0.217. The van der Waals surface area contributed by atoms with Crippen molar-refractivity contribution in [2.75, 3.05) is 0 Å². The van der Waals surface area contributed by atoms with Gasteiger partial charge >= 0.3 is 0 Å². The van der Waals surface area contributed by atoms with Crippen LogP contribution in [0.5, 0.6) is 0 Å². The molecule has 1 heterocycles. The van der Waals surface area contributed by atoms with E-state index in [1.165, 1.54) is 24.3 Å². The van der Waals surface area contributed by atoms with Crippen molar-refractivity contribution >= 4 is 11.3 Å². The van der Waals surface area contributed by atoms with E-state index in [4.69, 9.17) is 0 Å². The van der Waals surface area contributed by atoms with Gasteiger partial charge in [-0.05, 0) is 44.9 Å². The van der Waals surface area contributed by atoms with E-state index < -0.39 is 0 Å². The highest BCUT2D eigenvalue weighted by molar-refractivity contribution is 7.09. The first-order valence-corrected chi connectivity index (χ1v) is 7.62. The molecular weight excluding hydrogens is 228 g/mol. The quantitative estimate of drug-likeness (QED) is 0.881. The van der Waals surface area contributed by atoms with Crippen molar-refractivity contribution in [1.29, 1.82) is 0 Å². The second kappa shape index (κ2) is 5.49. The number of hydrogen-bond acceptors (Lipinski definition) is 3. The zero-order chi connectivity index (χ0) is 12.4. The van der Waals surface area contributed by atoms with E-state index in [0.29, 0.717) is 12.1 Å². The zero-order valence-corrected chi connectivity index (χ0v) is 12.2. The molecule has 0 saturated heterocycles. The molecule has 1 fully saturated rings. The molecule has 0 spiro atoms. The molecule has 2 nitrogen and oxygen atoms in total. The van der Waals surface area contributed by atoms with Gasteiger partial charge in [0.05, 0.1) is 6.04 Å². The third-order valence-electron chi connectivity index (χ3n) is 4.09.